The molecule has 0 aliphatic heterocycles. The third-order valence-electron chi connectivity index (χ3n) is 4.32. The molecule has 1 N–H and O–H groups in total. The first-order valence-electron chi connectivity index (χ1n) is 8.68. The Bertz CT molecular complexity index is 907. The number of hydrogen-bond acceptors (Lipinski definition) is 4. The number of thiazole rings is 1. The molecule has 0 bridgehead atoms. The fourth-order valence-corrected chi connectivity index (χ4v) is 3.97. The van der Waals surface area contributed by atoms with Crippen molar-refractivity contribution in [3.63, 3.8) is 0 Å². The van der Waals surface area contributed by atoms with E-state index < -0.39 is 0 Å². The molecule has 27 heavy (non-hydrogen) atoms. The average Bonchev–Trinajstić information content (AvgIpc) is 3.05. The summed E-state index contributed by atoms with van der Waals surface area (Å²) in [5, 5.41) is 4.62. The third-order valence-corrected chi connectivity index (χ3v) is 5.59. The number of aryl methyl sites for hydroxylation is 1. The third kappa shape index (κ3) is 4.75. The van der Waals surface area contributed by atoms with Crippen LogP contribution in [-0.4, -0.2) is 36.4 Å². The second-order valence-corrected chi connectivity index (χ2v) is 8.16. The van der Waals surface area contributed by atoms with E-state index in [0.29, 0.717) is 17.3 Å². The van der Waals surface area contributed by atoms with E-state index in [1.807, 2.05) is 75.6 Å². The molecule has 0 saturated heterocycles. The van der Waals surface area contributed by atoms with Crippen LogP contribution in [0, 0.1) is 6.92 Å². The molecule has 6 heteroatoms. The van der Waals surface area contributed by atoms with Crippen molar-refractivity contribution in [1.29, 1.82) is 0 Å². The molecule has 0 aliphatic rings. The van der Waals surface area contributed by atoms with Gasteiger partial charge in [0.25, 0.3) is 5.91 Å². The number of rotatable bonds is 6. The van der Waals surface area contributed by atoms with E-state index in [1.54, 1.807) is 0 Å². The molecule has 3 aromatic rings. The molecule has 2 aromatic carbocycles. The molecular weight excluding hydrogens is 378 g/mol. The van der Waals surface area contributed by atoms with Crippen molar-refractivity contribution in [3.8, 4) is 10.4 Å². The van der Waals surface area contributed by atoms with E-state index in [0.717, 1.165) is 21.0 Å². The number of benzene rings is 2. The minimum atomic E-state index is -0.154. The fraction of sp³-hybridized carbons (Fsp3) is 0.238. The lowest BCUT2D eigenvalue weighted by atomic mass is 10.1. The maximum Gasteiger partial charge on any atom is 0.271 e. The van der Waals surface area contributed by atoms with Crippen LogP contribution < -0.4 is 5.32 Å². The number of carbonyl (C=O) groups is 1. The number of nitrogens with zero attached hydrogens (tertiary/aromatic N) is 2. The number of halogens is 1. The summed E-state index contributed by atoms with van der Waals surface area (Å²) in [5.41, 5.74) is 2.59. The van der Waals surface area contributed by atoms with Gasteiger partial charge in [0.1, 0.15) is 5.69 Å². The summed E-state index contributed by atoms with van der Waals surface area (Å²) in [6.45, 7) is 2.41. The van der Waals surface area contributed by atoms with Crippen molar-refractivity contribution < 1.29 is 4.79 Å². The zero-order chi connectivity index (χ0) is 19.4. The first-order valence-corrected chi connectivity index (χ1v) is 9.88. The van der Waals surface area contributed by atoms with Gasteiger partial charge in [0.15, 0.2) is 0 Å². The van der Waals surface area contributed by atoms with Crippen LogP contribution in [0.1, 0.15) is 27.1 Å². The number of amides is 1. The van der Waals surface area contributed by atoms with Crippen LogP contribution in [0.3, 0.4) is 0 Å². The van der Waals surface area contributed by atoms with Crippen LogP contribution in [-0.2, 0) is 0 Å². The quantitative estimate of drug-likeness (QED) is 0.647. The van der Waals surface area contributed by atoms with Crippen molar-refractivity contribution in [2.45, 2.75) is 13.0 Å². The van der Waals surface area contributed by atoms with Crippen LogP contribution in [0.5, 0.6) is 0 Å². The van der Waals surface area contributed by atoms with Crippen molar-refractivity contribution in [2.24, 2.45) is 0 Å². The van der Waals surface area contributed by atoms with Crippen molar-refractivity contribution in [3.05, 3.63) is 75.9 Å². The van der Waals surface area contributed by atoms with E-state index in [-0.39, 0.29) is 11.9 Å². The van der Waals surface area contributed by atoms with Crippen LogP contribution in [0.2, 0.25) is 5.02 Å². The van der Waals surface area contributed by atoms with Gasteiger partial charge < -0.3 is 10.2 Å². The Hall–Kier alpha value is -2.21. The average molecular weight is 400 g/mol. The summed E-state index contributed by atoms with van der Waals surface area (Å²) in [5.74, 6) is -0.154. The summed E-state index contributed by atoms with van der Waals surface area (Å²) in [6.07, 6.45) is 0. The highest BCUT2D eigenvalue weighted by Crippen LogP contribution is 2.30. The van der Waals surface area contributed by atoms with Crippen LogP contribution >= 0.6 is 22.9 Å². The summed E-state index contributed by atoms with van der Waals surface area (Å²) >= 11 is 7.53. The van der Waals surface area contributed by atoms with Crippen LogP contribution in [0.15, 0.2) is 54.6 Å². The monoisotopic (exact) mass is 399 g/mol. The molecule has 140 valence electrons. The first kappa shape index (κ1) is 19.5. The van der Waals surface area contributed by atoms with Gasteiger partial charge in [0.05, 0.1) is 15.9 Å². The smallest absolute Gasteiger partial charge is 0.271 e. The van der Waals surface area contributed by atoms with E-state index in [9.17, 15) is 4.79 Å². The van der Waals surface area contributed by atoms with Gasteiger partial charge in [0.2, 0.25) is 0 Å². The lowest BCUT2D eigenvalue weighted by Crippen LogP contribution is -2.34. The Labute approximate surface area is 168 Å². The van der Waals surface area contributed by atoms with Gasteiger partial charge in [-0.25, -0.2) is 4.98 Å². The van der Waals surface area contributed by atoms with Gasteiger partial charge in [-0.05, 0) is 44.3 Å². The normalized spacial score (nSPS) is 12.2. The first-order chi connectivity index (χ1) is 13.0. The Balaban J connectivity index is 1.78. The standard InChI is InChI=1S/C21H22ClN3OS/c1-14-24-19(20(27-14)16-7-5-4-6-8-16)21(26)23-13-18(25(2)3)15-9-11-17(22)12-10-15/h4-12,18H,13H2,1-3H3,(H,23,26). The number of carbonyl (C=O) groups excluding carboxylic acids is 1. The molecule has 0 aliphatic carbocycles. The van der Waals surface area contributed by atoms with E-state index in [2.05, 4.69) is 15.2 Å². The highest BCUT2D eigenvalue weighted by atomic mass is 35.5. The van der Waals surface area contributed by atoms with E-state index in [4.69, 9.17) is 11.6 Å². The Morgan fingerprint density at radius 3 is 2.44 bits per heavy atom. The molecule has 1 unspecified atom stereocenters. The van der Waals surface area contributed by atoms with Gasteiger partial charge in [-0.3, -0.25) is 4.79 Å². The highest BCUT2D eigenvalue weighted by Gasteiger charge is 2.21. The van der Waals surface area contributed by atoms with Crippen molar-refractivity contribution in [2.75, 3.05) is 20.6 Å². The minimum absolute atomic E-state index is 0.0473. The van der Waals surface area contributed by atoms with Gasteiger partial charge in [-0.1, -0.05) is 54.1 Å². The number of likely N-dealkylation sites (N-methyl/N-ethyl adjacent to an activating group) is 1. The lowest BCUT2D eigenvalue weighted by Gasteiger charge is -2.25. The number of aromatic nitrogens is 1. The van der Waals surface area contributed by atoms with Crippen molar-refractivity contribution in [1.82, 2.24) is 15.2 Å². The Morgan fingerprint density at radius 2 is 1.81 bits per heavy atom. The predicted octanol–water partition coefficient (Wildman–Crippen LogP) is 4.80. The maximum atomic E-state index is 12.9. The second-order valence-electron chi connectivity index (χ2n) is 6.52. The largest absolute Gasteiger partial charge is 0.349 e. The molecule has 1 aromatic heterocycles. The Morgan fingerprint density at radius 1 is 1.15 bits per heavy atom. The molecule has 4 nitrogen and oxygen atoms in total. The van der Waals surface area contributed by atoms with Crippen LogP contribution in [0.25, 0.3) is 10.4 Å². The molecule has 1 heterocycles. The lowest BCUT2D eigenvalue weighted by molar-refractivity contribution is 0.0938. The van der Waals surface area contributed by atoms with Gasteiger partial charge in [-0.2, -0.15) is 0 Å². The number of nitrogens with one attached hydrogen (secondary N) is 1. The molecular formula is C21H22ClN3OS. The molecule has 0 radical (unpaired) electrons. The van der Waals surface area contributed by atoms with Gasteiger partial charge in [0, 0.05) is 11.6 Å². The van der Waals surface area contributed by atoms with Crippen molar-refractivity contribution >= 4 is 28.8 Å². The zero-order valence-corrected chi connectivity index (χ0v) is 17.1. The zero-order valence-electron chi connectivity index (χ0n) is 15.6. The molecule has 0 fully saturated rings. The fourth-order valence-electron chi connectivity index (χ4n) is 2.92. The topological polar surface area (TPSA) is 45.2 Å². The SMILES string of the molecule is Cc1nc(C(=O)NCC(c2ccc(Cl)cc2)N(C)C)c(-c2ccccc2)s1. The molecule has 3 rings (SSSR count). The summed E-state index contributed by atoms with van der Waals surface area (Å²) in [4.78, 5) is 20.3. The van der Waals surface area contributed by atoms with E-state index in [1.165, 1.54) is 11.3 Å². The summed E-state index contributed by atoms with van der Waals surface area (Å²) < 4.78 is 0. The minimum Gasteiger partial charge on any atom is -0.349 e. The van der Waals surface area contributed by atoms with Gasteiger partial charge in [-0.15, -0.1) is 11.3 Å². The van der Waals surface area contributed by atoms with Crippen LogP contribution in [0.4, 0.5) is 0 Å². The maximum absolute atomic E-state index is 12.9. The van der Waals surface area contributed by atoms with E-state index >= 15 is 0 Å². The molecule has 1 atom stereocenters. The molecule has 0 spiro atoms. The molecule has 1 amide bonds. The summed E-state index contributed by atoms with van der Waals surface area (Å²) in [6, 6.07) is 17.7. The Kier molecular flexibility index (Phi) is 6.26. The number of hydrogen-bond donors (Lipinski definition) is 1. The predicted molar refractivity (Wildman–Crippen MR) is 113 cm³/mol. The van der Waals surface area contributed by atoms with Gasteiger partial charge >= 0.3 is 0 Å². The summed E-state index contributed by atoms with van der Waals surface area (Å²) in [7, 11) is 3.99. The second kappa shape index (κ2) is 8.65. The highest BCUT2D eigenvalue weighted by molar-refractivity contribution is 7.15. The molecule has 0 saturated carbocycles.